The minimum Gasteiger partial charge on any atom is -0.462 e. The summed E-state index contributed by atoms with van der Waals surface area (Å²) in [6.07, 6.45) is 63.1. The lowest BCUT2D eigenvalue weighted by Gasteiger charge is -2.18. The maximum Gasteiger partial charge on any atom is 0.306 e. The van der Waals surface area contributed by atoms with Gasteiger partial charge in [0.2, 0.25) is 0 Å². The van der Waals surface area contributed by atoms with E-state index in [9.17, 15) is 9.59 Å². The van der Waals surface area contributed by atoms with Crippen molar-refractivity contribution < 1.29 is 23.8 Å². The molecule has 0 aliphatic rings. The minimum absolute atomic E-state index is 0.0567. The average molecular weight is 807 g/mol. The van der Waals surface area contributed by atoms with Crippen LogP contribution < -0.4 is 0 Å². The highest BCUT2D eigenvalue weighted by molar-refractivity contribution is 5.70. The molecule has 0 aromatic heterocycles. The van der Waals surface area contributed by atoms with E-state index in [4.69, 9.17) is 14.2 Å². The van der Waals surface area contributed by atoms with Gasteiger partial charge in [0.15, 0.2) is 6.10 Å². The van der Waals surface area contributed by atoms with Crippen LogP contribution in [0.1, 0.15) is 213 Å². The molecule has 332 valence electrons. The third-order valence-electron chi connectivity index (χ3n) is 9.92. The summed E-state index contributed by atoms with van der Waals surface area (Å²) in [4.78, 5) is 25.2. The molecule has 1 atom stereocenters. The molecule has 0 amide bonds. The van der Waals surface area contributed by atoms with Gasteiger partial charge in [-0.05, 0) is 96.3 Å². The third-order valence-corrected chi connectivity index (χ3v) is 9.92. The van der Waals surface area contributed by atoms with Gasteiger partial charge in [-0.25, -0.2) is 0 Å². The van der Waals surface area contributed by atoms with Gasteiger partial charge in [0, 0.05) is 19.4 Å². The molecule has 1 unspecified atom stereocenters. The predicted molar refractivity (Wildman–Crippen MR) is 251 cm³/mol. The Labute approximate surface area is 359 Å². The van der Waals surface area contributed by atoms with Gasteiger partial charge in [-0.1, -0.05) is 189 Å². The van der Waals surface area contributed by atoms with Gasteiger partial charge in [0.05, 0.1) is 6.61 Å². The molecule has 0 radical (unpaired) electrons. The van der Waals surface area contributed by atoms with Crippen molar-refractivity contribution in [3.05, 3.63) is 85.1 Å². The lowest BCUT2D eigenvalue weighted by Crippen LogP contribution is -2.30. The summed E-state index contributed by atoms with van der Waals surface area (Å²) in [6, 6.07) is 0. The molecule has 0 bridgehead atoms. The van der Waals surface area contributed by atoms with Crippen molar-refractivity contribution >= 4 is 11.9 Å². The molecule has 58 heavy (non-hydrogen) atoms. The number of ether oxygens (including phenoxy) is 3. The first-order valence-electron chi connectivity index (χ1n) is 24.1. The Hall–Kier alpha value is -2.92. The molecule has 5 nitrogen and oxygen atoms in total. The van der Waals surface area contributed by atoms with Gasteiger partial charge in [-0.15, -0.1) is 0 Å². The minimum atomic E-state index is -0.558. The van der Waals surface area contributed by atoms with E-state index in [2.05, 4.69) is 106 Å². The quantitative estimate of drug-likeness (QED) is 0.0349. The van der Waals surface area contributed by atoms with Gasteiger partial charge >= 0.3 is 11.9 Å². The topological polar surface area (TPSA) is 61.8 Å². The summed E-state index contributed by atoms with van der Waals surface area (Å²) in [5, 5.41) is 0. The summed E-state index contributed by atoms with van der Waals surface area (Å²) in [7, 11) is 0. The number of esters is 2. The van der Waals surface area contributed by atoms with Gasteiger partial charge in [-0.2, -0.15) is 0 Å². The van der Waals surface area contributed by atoms with Gasteiger partial charge < -0.3 is 14.2 Å². The highest BCUT2D eigenvalue weighted by Crippen LogP contribution is 2.12. The van der Waals surface area contributed by atoms with Crippen molar-refractivity contribution in [3.8, 4) is 0 Å². The normalized spacial score (nSPS) is 12.9. The summed E-state index contributed by atoms with van der Waals surface area (Å²) in [5.74, 6) is -0.460. The zero-order valence-corrected chi connectivity index (χ0v) is 38.0. The standard InChI is InChI=1S/C53H90O5/c1-4-7-10-13-16-18-20-22-24-25-26-27-28-30-32-34-36-39-42-45-48-56-49-51(58-53(55)47-44-41-37-15-12-9-6-3)50-57-52(54)46-43-40-38-35-33-31-29-23-21-19-17-14-11-8-5-2/h8,11,16-19,22-24,26-27,29,33,35,51H,4-7,9-10,12-15,20-21,25,28,30-32,34,36-50H2,1-3H3/b11-8-,18-16-,19-17-,24-22-,27-26-,29-23-,35-33-. The van der Waals surface area contributed by atoms with Crippen LogP contribution in [0.25, 0.3) is 0 Å². The molecule has 0 saturated carbocycles. The second-order valence-corrected chi connectivity index (χ2v) is 15.6. The van der Waals surface area contributed by atoms with Crippen molar-refractivity contribution in [3.63, 3.8) is 0 Å². The van der Waals surface area contributed by atoms with Crippen LogP contribution in [0.4, 0.5) is 0 Å². The second-order valence-electron chi connectivity index (χ2n) is 15.6. The van der Waals surface area contributed by atoms with Crippen LogP contribution in [0.15, 0.2) is 85.1 Å². The molecular formula is C53H90O5. The highest BCUT2D eigenvalue weighted by Gasteiger charge is 2.17. The zero-order valence-electron chi connectivity index (χ0n) is 38.0. The molecule has 0 saturated heterocycles. The SMILES string of the molecule is CC/C=C\C/C=C\C/C=C\C/C=C\CCCCC(=O)OCC(COCCCCCCCCC/C=C\C/C=C\C/C=C\CCCCC)OC(=O)CCCCCCCCC. The molecule has 0 aliphatic heterocycles. The predicted octanol–water partition coefficient (Wildman–Crippen LogP) is 16.1. The first-order valence-corrected chi connectivity index (χ1v) is 24.1. The number of carbonyl (C=O) groups is 2. The van der Waals surface area contributed by atoms with Crippen LogP contribution >= 0.6 is 0 Å². The highest BCUT2D eigenvalue weighted by atomic mass is 16.6. The van der Waals surface area contributed by atoms with E-state index in [0.717, 1.165) is 89.9 Å². The van der Waals surface area contributed by atoms with Gasteiger partial charge in [0.1, 0.15) is 6.61 Å². The van der Waals surface area contributed by atoms with Crippen LogP contribution in [0.5, 0.6) is 0 Å². The monoisotopic (exact) mass is 807 g/mol. The Balaban J connectivity index is 4.21. The summed E-state index contributed by atoms with van der Waals surface area (Å²) >= 11 is 0. The van der Waals surface area contributed by atoms with E-state index in [1.165, 1.54) is 89.9 Å². The maximum atomic E-state index is 12.6. The maximum absolute atomic E-state index is 12.6. The number of hydrogen-bond donors (Lipinski definition) is 0. The molecule has 0 aromatic carbocycles. The largest absolute Gasteiger partial charge is 0.462 e. The molecule has 0 aliphatic carbocycles. The molecule has 0 N–H and O–H groups in total. The lowest BCUT2D eigenvalue weighted by molar-refractivity contribution is -0.163. The number of rotatable bonds is 43. The van der Waals surface area contributed by atoms with E-state index in [-0.39, 0.29) is 25.2 Å². The summed E-state index contributed by atoms with van der Waals surface area (Å²) in [6.45, 7) is 7.58. The fourth-order valence-electron chi connectivity index (χ4n) is 6.33. The Kier molecular flexibility index (Phi) is 46.0. The fraction of sp³-hybridized carbons (Fsp3) is 0.698. The number of allylic oxidation sites excluding steroid dienone is 14. The average Bonchev–Trinajstić information content (AvgIpc) is 3.22. The van der Waals surface area contributed by atoms with Crippen molar-refractivity contribution in [2.45, 2.75) is 219 Å². The Bertz CT molecular complexity index is 1090. The van der Waals surface area contributed by atoms with Crippen LogP contribution in [0, 0.1) is 0 Å². The number of hydrogen-bond acceptors (Lipinski definition) is 5. The molecule has 0 aromatic rings. The molecular weight excluding hydrogens is 717 g/mol. The van der Waals surface area contributed by atoms with Crippen molar-refractivity contribution in [1.29, 1.82) is 0 Å². The Morgan fingerprint density at radius 3 is 1.31 bits per heavy atom. The molecule has 0 heterocycles. The van der Waals surface area contributed by atoms with Crippen LogP contribution in [0.2, 0.25) is 0 Å². The van der Waals surface area contributed by atoms with Crippen LogP contribution in [0.3, 0.4) is 0 Å². The van der Waals surface area contributed by atoms with Crippen LogP contribution in [-0.2, 0) is 23.8 Å². The fourth-order valence-corrected chi connectivity index (χ4v) is 6.33. The second kappa shape index (κ2) is 48.4. The smallest absolute Gasteiger partial charge is 0.306 e. The van der Waals surface area contributed by atoms with Gasteiger partial charge in [0.25, 0.3) is 0 Å². The number of carbonyl (C=O) groups excluding carboxylic acids is 2. The number of unbranched alkanes of at least 4 members (excludes halogenated alkanes) is 18. The molecule has 0 spiro atoms. The Morgan fingerprint density at radius 1 is 0.397 bits per heavy atom. The van der Waals surface area contributed by atoms with E-state index in [0.29, 0.717) is 19.4 Å². The molecule has 0 fully saturated rings. The molecule has 0 rings (SSSR count). The molecule has 5 heteroatoms. The van der Waals surface area contributed by atoms with Crippen molar-refractivity contribution in [1.82, 2.24) is 0 Å². The summed E-state index contributed by atoms with van der Waals surface area (Å²) < 4.78 is 17.2. The summed E-state index contributed by atoms with van der Waals surface area (Å²) in [5.41, 5.74) is 0. The lowest BCUT2D eigenvalue weighted by atomic mass is 10.1. The van der Waals surface area contributed by atoms with Crippen molar-refractivity contribution in [2.75, 3.05) is 19.8 Å². The third kappa shape index (κ3) is 45.8. The van der Waals surface area contributed by atoms with Crippen molar-refractivity contribution in [2.24, 2.45) is 0 Å². The Morgan fingerprint density at radius 2 is 0.776 bits per heavy atom. The first-order chi connectivity index (χ1) is 28.6. The first kappa shape index (κ1) is 55.1. The van der Waals surface area contributed by atoms with Gasteiger partial charge in [-0.3, -0.25) is 9.59 Å². The van der Waals surface area contributed by atoms with E-state index in [1.54, 1.807) is 0 Å². The van der Waals surface area contributed by atoms with Crippen LogP contribution in [-0.4, -0.2) is 37.9 Å². The van der Waals surface area contributed by atoms with E-state index < -0.39 is 6.10 Å². The zero-order chi connectivity index (χ0) is 42.1. The van der Waals surface area contributed by atoms with E-state index >= 15 is 0 Å². The van der Waals surface area contributed by atoms with E-state index in [1.807, 2.05) is 0 Å².